The molecule has 1 heterocycles. The second-order valence-corrected chi connectivity index (χ2v) is 7.20. The van der Waals surface area contributed by atoms with Gasteiger partial charge in [-0.15, -0.1) is 0 Å². The number of nitrogens with one attached hydrogen (secondary N) is 1. The van der Waals surface area contributed by atoms with Crippen LogP contribution in [0.25, 0.3) is 0 Å². The molecule has 0 aliphatic carbocycles. The van der Waals surface area contributed by atoms with E-state index < -0.39 is 5.82 Å². The van der Waals surface area contributed by atoms with Gasteiger partial charge in [-0.1, -0.05) is 35.3 Å². The van der Waals surface area contributed by atoms with Gasteiger partial charge in [0, 0.05) is 28.2 Å². The number of carbonyl (C=O) groups is 1. The van der Waals surface area contributed by atoms with Gasteiger partial charge in [0.05, 0.1) is 0 Å². The van der Waals surface area contributed by atoms with Gasteiger partial charge in [0.2, 0.25) is 5.91 Å². The fourth-order valence-corrected chi connectivity index (χ4v) is 3.55. The number of rotatable bonds is 4. The third-order valence-electron chi connectivity index (χ3n) is 4.38. The summed E-state index contributed by atoms with van der Waals surface area (Å²) < 4.78 is 13.4. The average Bonchev–Trinajstić information content (AvgIpc) is 2.54. The molecule has 0 saturated carbocycles. The van der Waals surface area contributed by atoms with Crippen LogP contribution in [-0.4, -0.2) is 23.9 Å². The first-order valence-corrected chi connectivity index (χ1v) is 8.99. The van der Waals surface area contributed by atoms with E-state index in [1.54, 1.807) is 6.07 Å². The summed E-state index contributed by atoms with van der Waals surface area (Å²) in [6, 6.07) is 11.9. The SMILES string of the molecule is O=C(Nc1cc(F)cc(Cl)c1)C1CCN(Cc2cccc(Cl)c2)CC1. The number of halogens is 3. The molecule has 1 fully saturated rings. The predicted octanol–water partition coefficient (Wildman–Crippen LogP) is 4.98. The summed E-state index contributed by atoms with van der Waals surface area (Å²) in [6.45, 7) is 2.51. The van der Waals surface area contributed by atoms with Gasteiger partial charge in [0.15, 0.2) is 0 Å². The highest BCUT2D eigenvalue weighted by atomic mass is 35.5. The molecule has 132 valence electrons. The molecule has 0 atom stereocenters. The molecule has 0 bridgehead atoms. The Hall–Kier alpha value is -1.62. The third-order valence-corrected chi connectivity index (χ3v) is 4.84. The molecule has 6 heteroatoms. The normalized spacial score (nSPS) is 16.0. The maximum absolute atomic E-state index is 13.4. The maximum atomic E-state index is 13.4. The molecule has 2 aromatic rings. The molecule has 0 radical (unpaired) electrons. The van der Waals surface area contributed by atoms with E-state index in [0.717, 1.165) is 37.5 Å². The molecule has 0 aromatic heterocycles. The Morgan fingerprint density at radius 3 is 2.56 bits per heavy atom. The average molecular weight is 381 g/mol. The molecule has 3 nitrogen and oxygen atoms in total. The third kappa shape index (κ3) is 5.18. The van der Waals surface area contributed by atoms with Crippen molar-refractivity contribution in [3.05, 3.63) is 63.9 Å². The Kier molecular flexibility index (Phi) is 5.94. The number of amides is 1. The van der Waals surface area contributed by atoms with E-state index in [9.17, 15) is 9.18 Å². The number of likely N-dealkylation sites (tertiary alicyclic amines) is 1. The van der Waals surface area contributed by atoms with E-state index in [0.29, 0.717) is 5.69 Å². The molecule has 0 unspecified atom stereocenters. The lowest BCUT2D eigenvalue weighted by Crippen LogP contribution is -2.37. The van der Waals surface area contributed by atoms with Crippen molar-refractivity contribution in [1.82, 2.24) is 4.90 Å². The van der Waals surface area contributed by atoms with Crippen molar-refractivity contribution in [2.45, 2.75) is 19.4 Å². The summed E-state index contributed by atoms with van der Waals surface area (Å²) in [4.78, 5) is 14.7. The van der Waals surface area contributed by atoms with Crippen LogP contribution in [0.4, 0.5) is 10.1 Å². The number of piperidine rings is 1. The Balaban J connectivity index is 1.52. The van der Waals surface area contributed by atoms with Crippen molar-refractivity contribution < 1.29 is 9.18 Å². The number of anilines is 1. The zero-order valence-electron chi connectivity index (χ0n) is 13.6. The fraction of sp³-hybridized carbons (Fsp3) is 0.316. The Bertz CT molecular complexity index is 741. The van der Waals surface area contributed by atoms with Crippen LogP contribution in [0.3, 0.4) is 0 Å². The summed E-state index contributed by atoms with van der Waals surface area (Å²) in [7, 11) is 0. The van der Waals surface area contributed by atoms with E-state index in [2.05, 4.69) is 16.3 Å². The van der Waals surface area contributed by atoms with Crippen LogP contribution >= 0.6 is 23.2 Å². The van der Waals surface area contributed by atoms with Crippen LogP contribution in [0.2, 0.25) is 10.0 Å². The number of nitrogens with zero attached hydrogens (tertiary/aromatic N) is 1. The quantitative estimate of drug-likeness (QED) is 0.810. The summed E-state index contributed by atoms with van der Waals surface area (Å²) in [6.07, 6.45) is 1.55. The van der Waals surface area contributed by atoms with Crippen molar-refractivity contribution in [3.8, 4) is 0 Å². The lowest BCUT2D eigenvalue weighted by atomic mass is 9.95. The summed E-state index contributed by atoms with van der Waals surface area (Å²) in [5.74, 6) is -0.610. The van der Waals surface area contributed by atoms with Crippen LogP contribution in [0.15, 0.2) is 42.5 Å². The molecule has 0 spiro atoms. The standard InChI is InChI=1S/C19H19Cl2FN2O/c20-15-3-1-2-13(8-15)12-24-6-4-14(5-7-24)19(25)23-18-10-16(21)9-17(22)11-18/h1-3,8-11,14H,4-7,12H2,(H,23,25). The van der Waals surface area contributed by atoms with Crippen LogP contribution in [0.5, 0.6) is 0 Å². The first-order chi connectivity index (χ1) is 12.0. The zero-order chi connectivity index (χ0) is 17.8. The van der Waals surface area contributed by atoms with Gasteiger partial charge in [0.1, 0.15) is 5.82 Å². The van der Waals surface area contributed by atoms with Gasteiger partial charge in [-0.05, 0) is 61.8 Å². The van der Waals surface area contributed by atoms with Gasteiger partial charge in [-0.2, -0.15) is 0 Å². The number of carbonyl (C=O) groups excluding carboxylic acids is 1. The fourth-order valence-electron chi connectivity index (χ4n) is 3.12. The topological polar surface area (TPSA) is 32.3 Å². The highest BCUT2D eigenvalue weighted by Gasteiger charge is 2.25. The van der Waals surface area contributed by atoms with Gasteiger partial charge >= 0.3 is 0 Å². The molecule has 1 aliphatic heterocycles. The Morgan fingerprint density at radius 1 is 1.12 bits per heavy atom. The minimum Gasteiger partial charge on any atom is -0.326 e. The predicted molar refractivity (Wildman–Crippen MR) is 99.5 cm³/mol. The summed E-state index contributed by atoms with van der Waals surface area (Å²) >= 11 is 11.8. The number of hydrogen-bond acceptors (Lipinski definition) is 2. The number of benzene rings is 2. The van der Waals surface area contributed by atoms with Gasteiger partial charge in [-0.3, -0.25) is 9.69 Å². The first-order valence-electron chi connectivity index (χ1n) is 8.23. The largest absolute Gasteiger partial charge is 0.326 e. The van der Waals surface area contributed by atoms with Crippen molar-refractivity contribution in [2.24, 2.45) is 5.92 Å². The van der Waals surface area contributed by atoms with Gasteiger partial charge in [0.25, 0.3) is 0 Å². The second-order valence-electron chi connectivity index (χ2n) is 6.33. The molecule has 1 amide bonds. The lowest BCUT2D eigenvalue weighted by Gasteiger charge is -2.31. The molecule has 1 N–H and O–H groups in total. The van der Waals surface area contributed by atoms with E-state index >= 15 is 0 Å². The number of hydrogen-bond donors (Lipinski definition) is 1. The van der Waals surface area contributed by atoms with Gasteiger partial charge in [-0.25, -0.2) is 4.39 Å². The monoisotopic (exact) mass is 380 g/mol. The van der Waals surface area contributed by atoms with Crippen LogP contribution in [-0.2, 0) is 11.3 Å². The summed E-state index contributed by atoms with van der Waals surface area (Å²) in [5, 5.41) is 3.77. The van der Waals surface area contributed by atoms with Crippen LogP contribution in [0, 0.1) is 11.7 Å². The molecular formula is C19H19Cl2FN2O. The minimum absolute atomic E-state index is 0.0716. The van der Waals surface area contributed by atoms with E-state index in [4.69, 9.17) is 23.2 Å². The van der Waals surface area contributed by atoms with E-state index in [1.807, 2.05) is 18.2 Å². The van der Waals surface area contributed by atoms with Crippen LogP contribution < -0.4 is 5.32 Å². The maximum Gasteiger partial charge on any atom is 0.227 e. The van der Waals surface area contributed by atoms with Crippen molar-refractivity contribution in [1.29, 1.82) is 0 Å². The van der Waals surface area contributed by atoms with Crippen molar-refractivity contribution in [2.75, 3.05) is 18.4 Å². The molecule has 2 aromatic carbocycles. The lowest BCUT2D eigenvalue weighted by molar-refractivity contribution is -0.121. The zero-order valence-corrected chi connectivity index (χ0v) is 15.2. The Labute approximate surface area is 156 Å². The smallest absolute Gasteiger partial charge is 0.227 e. The summed E-state index contributed by atoms with van der Waals surface area (Å²) in [5.41, 5.74) is 1.57. The van der Waals surface area contributed by atoms with Crippen molar-refractivity contribution in [3.63, 3.8) is 0 Å². The van der Waals surface area contributed by atoms with Gasteiger partial charge < -0.3 is 5.32 Å². The second kappa shape index (κ2) is 8.17. The molecule has 1 saturated heterocycles. The Morgan fingerprint density at radius 2 is 1.88 bits per heavy atom. The van der Waals surface area contributed by atoms with E-state index in [1.165, 1.54) is 17.7 Å². The minimum atomic E-state index is -0.459. The molecule has 3 rings (SSSR count). The van der Waals surface area contributed by atoms with Crippen LogP contribution in [0.1, 0.15) is 18.4 Å². The first kappa shape index (κ1) is 18.2. The molecule has 1 aliphatic rings. The molecule has 25 heavy (non-hydrogen) atoms. The highest BCUT2D eigenvalue weighted by molar-refractivity contribution is 6.31. The highest BCUT2D eigenvalue weighted by Crippen LogP contribution is 2.23. The molecular weight excluding hydrogens is 362 g/mol. The van der Waals surface area contributed by atoms with E-state index in [-0.39, 0.29) is 16.8 Å². The van der Waals surface area contributed by atoms with Crippen molar-refractivity contribution >= 4 is 34.8 Å².